The van der Waals surface area contributed by atoms with Gasteiger partial charge in [0.2, 0.25) is 0 Å². The first-order valence-corrected chi connectivity index (χ1v) is 9.86. The molecule has 29 heavy (non-hydrogen) atoms. The van der Waals surface area contributed by atoms with Gasteiger partial charge in [-0.2, -0.15) is 9.61 Å². The van der Waals surface area contributed by atoms with Crippen molar-refractivity contribution < 1.29 is 9.47 Å². The molecule has 0 aliphatic carbocycles. The average Bonchev–Trinajstić information content (AvgIpc) is 3.37. The molecule has 0 aliphatic heterocycles. The number of rotatable bonds is 5. The van der Waals surface area contributed by atoms with Crippen LogP contribution >= 0.6 is 11.3 Å². The van der Waals surface area contributed by atoms with E-state index in [1.165, 1.54) is 4.88 Å². The molecule has 0 saturated carbocycles. The SMILES string of the molecule is COc1ccc2c(OCc3nnc4ccc(-c5ccc(C)s5)nn34)ccnc2c1. The van der Waals surface area contributed by atoms with Crippen LogP contribution in [0.3, 0.4) is 0 Å². The van der Waals surface area contributed by atoms with Crippen molar-refractivity contribution in [2.24, 2.45) is 0 Å². The molecule has 144 valence electrons. The summed E-state index contributed by atoms with van der Waals surface area (Å²) in [6.45, 7) is 2.32. The maximum Gasteiger partial charge on any atom is 0.192 e. The van der Waals surface area contributed by atoms with Crippen LogP contribution in [-0.4, -0.2) is 31.9 Å². The highest BCUT2D eigenvalue weighted by molar-refractivity contribution is 7.15. The first-order chi connectivity index (χ1) is 14.2. The van der Waals surface area contributed by atoms with E-state index in [-0.39, 0.29) is 6.61 Å². The number of benzene rings is 1. The quantitative estimate of drug-likeness (QED) is 0.436. The standard InChI is InChI=1S/C21H17N5O2S/c1-13-3-7-19(29-13)16-6-8-20-23-24-21(26(20)25-16)12-28-18-9-10-22-17-11-14(27-2)4-5-15(17)18/h3-11H,12H2,1-2H3. The third-order valence-electron chi connectivity index (χ3n) is 4.59. The normalized spacial score (nSPS) is 11.2. The Hall–Kier alpha value is -3.52. The number of hydrogen-bond donors (Lipinski definition) is 0. The molecule has 7 nitrogen and oxygen atoms in total. The summed E-state index contributed by atoms with van der Waals surface area (Å²) < 4.78 is 13.1. The molecule has 0 N–H and O–H groups in total. The topological polar surface area (TPSA) is 74.4 Å². The predicted octanol–water partition coefficient (Wildman–Crippen LogP) is 4.30. The van der Waals surface area contributed by atoms with E-state index in [9.17, 15) is 0 Å². The lowest BCUT2D eigenvalue weighted by atomic mass is 10.2. The van der Waals surface area contributed by atoms with Crippen LogP contribution in [0.4, 0.5) is 0 Å². The summed E-state index contributed by atoms with van der Waals surface area (Å²) in [4.78, 5) is 6.74. The summed E-state index contributed by atoms with van der Waals surface area (Å²) in [5.74, 6) is 2.11. The number of fused-ring (bicyclic) bond motifs is 2. The van der Waals surface area contributed by atoms with Gasteiger partial charge in [-0.15, -0.1) is 21.5 Å². The van der Waals surface area contributed by atoms with E-state index in [0.717, 1.165) is 33.0 Å². The van der Waals surface area contributed by atoms with Gasteiger partial charge in [-0.25, -0.2) is 0 Å². The second-order valence-corrected chi connectivity index (χ2v) is 7.78. The molecule has 8 heteroatoms. The Bertz CT molecular complexity index is 1330. The molecule has 0 fully saturated rings. The molecule has 0 amide bonds. The van der Waals surface area contributed by atoms with Crippen LogP contribution in [0, 0.1) is 6.92 Å². The molecule has 4 heterocycles. The molecule has 0 saturated heterocycles. The fourth-order valence-electron chi connectivity index (χ4n) is 3.12. The van der Waals surface area contributed by atoms with Gasteiger partial charge in [-0.05, 0) is 49.4 Å². The molecule has 1 aromatic carbocycles. The minimum atomic E-state index is 0.242. The Labute approximate surface area is 170 Å². The van der Waals surface area contributed by atoms with Crippen LogP contribution in [0.5, 0.6) is 11.5 Å². The zero-order chi connectivity index (χ0) is 19.8. The number of nitrogens with zero attached hydrogens (tertiary/aromatic N) is 5. The molecular formula is C21H17N5O2S. The highest BCUT2D eigenvalue weighted by Crippen LogP contribution is 2.28. The van der Waals surface area contributed by atoms with E-state index in [2.05, 4.69) is 34.2 Å². The molecule has 5 aromatic rings. The van der Waals surface area contributed by atoms with Crippen molar-refractivity contribution in [1.82, 2.24) is 24.8 Å². The monoisotopic (exact) mass is 403 g/mol. The molecule has 0 atom stereocenters. The Kier molecular flexibility index (Phi) is 4.33. The number of aryl methyl sites for hydroxylation is 1. The number of hydrogen-bond acceptors (Lipinski definition) is 7. The zero-order valence-electron chi connectivity index (χ0n) is 15.9. The Morgan fingerprint density at radius 2 is 1.97 bits per heavy atom. The van der Waals surface area contributed by atoms with E-state index < -0.39 is 0 Å². The van der Waals surface area contributed by atoms with Crippen LogP contribution in [0.15, 0.2) is 54.7 Å². The summed E-state index contributed by atoms with van der Waals surface area (Å²) in [5.41, 5.74) is 2.38. The van der Waals surface area contributed by atoms with Crippen molar-refractivity contribution in [3.8, 4) is 22.1 Å². The molecule has 0 aliphatic rings. The van der Waals surface area contributed by atoms with Gasteiger partial charge in [0.1, 0.15) is 23.8 Å². The molecule has 0 spiro atoms. The fourth-order valence-corrected chi connectivity index (χ4v) is 3.96. The van der Waals surface area contributed by atoms with Gasteiger partial charge in [0.15, 0.2) is 11.5 Å². The van der Waals surface area contributed by atoms with E-state index in [0.29, 0.717) is 11.5 Å². The number of thiophene rings is 1. The van der Waals surface area contributed by atoms with Crippen LogP contribution in [0.2, 0.25) is 0 Å². The van der Waals surface area contributed by atoms with Crippen molar-refractivity contribution in [2.75, 3.05) is 7.11 Å². The van der Waals surface area contributed by atoms with Gasteiger partial charge in [0, 0.05) is 22.5 Å². The Morgan fingerprint density at radius 1 is 1.03 bits per heavy atom. The molecule has 0 radical (unpaired) electrons. The smallest absolute Gasteiger partial charge is 0.192 e. The van der Waals surface area contributed by atoms with Crippen LogP contribution in [-0.2, 0) is 6.61 Å². The van der Waals surface area contributed by atoms with Gasteiger partial charge in [-0.1, -0.05) is 0 Å². The van der Waals surface area contributed by atoms with E-state index in [4.69, 9.17) is 14.6 Å². The molecule has 0 unspecified atom stereocenters. The van der Waals surface area contributed by atoms with Gasteiger partial charge >= 0.3 is 0 Å². The van der Waals surface area contributed by atoms with Gasteiger partial charge in [-0.3, -0.25) is 4.98 Å². The lowest BCUT2D eigenvalue weighted by Gasteiger charge is -2.09. The van der Waals surface area contributed by atoms with E-state index in [1.807, 2.05) is 36.4 Å². The highest BCUT2D eigenvalue weighted by atomic mass is 32.1. The fraction of sp³-hybridized carbons (Fsp3) is 0.143. The lowest BCUT2D eigenvalue weighted by molar-refractivity contribution is 0.296. The number of pyridine rings is 1. The summed E-state index contributed by atoms with van der Waals surface area (Å²) in [6, 6.07) is 15.6. The van der Waals surface area contributed by atoms with Gasteiger partial charge in [0.05, 0.1) is 17.5 Å². The van der Waals surface area contributed by atoms with Crippen molar-refractivity contribution in [2.45, 2.75) is 13.5 Å². The Balaban J connectivity index is 1.46. The second kappa shape index (κ2) is 7.14. The maximum atomic E-state index is 6.05. The first kappa shape index (κ1) is 17.6. The minimum Gasteiger partial charge on any atom is -0.497 e. The number of aromatic nitrogens is 5. The number of ether oxygens (including phenoxy) is 2. The summed E-state index contributed by atoms with van der Waals surface area (Å²) in [5, 5.41) is 14.1. The average molecular weight is 403 g/mol. The molecule has 0 bridgehead atoms. The van der Waals surface area contributed by atoms with Crippen LogP contribution < -0.4 is 9.47 Å². The molecule has 5 rings (SSSR count). The second-order valence-electron chi connectivity index (χ2n) is 6.50. The van der Waals surface area contributed by atoms with E-state index >= 15 is 0 Å². The predicted molar refractivity (Wildman–Crippen MR) is 111 cm³/mol. The van der Waals surface area contributed by atoms with Crippen LogP contribution in [0.1, 0.15) is 10.7 Å². The summed E-state index contributed by atoms with van der Waals surface area (Å²) in [6.07, 6.45) is 1.72. The zero-order valence-corrected chi connectivity index (χ0v) is 16.7. The third-order valence-corrected chi connectivity index (χ3v) is 5.61. The molecular weight excluding hydrogens is 386 g/mol. The first-order valence-electron chi connectivity index (χ1n) is 9.05. The third kappa shape index (κ3) is 3.27. The van der Waals surface area contributed by atoms with Gasteiger partial charge < -0.3 is 9.47 Å². The number of methoxy groups -OCH3 is 1. The summed E-state index contributed by atoms with van der Waals surface area (Å²) in [7, 11) is 1.64. The van der Waals surface area contributed by atoms with Crippen molar-refractivity contribution in [3.05, 3.63) is 65.4 Å². The Morgan fingerprint density at radius 3 is 2.79 bits per heavy atom. The largest absolute Gasteiger partial charge is 0.497 e. The minimum absolute atomic E-state index is 0.242. The lowest BCUT2D eigenvalue weighted by Crippen LogP contribution is -2.04. The van der Waals surface area contributed by atoms with Crippen molar-refractivity contribution >= 4 is 27.9 Å². The maximum absolute atomic E-state index is 6.05. The van der Waals surface area contributed by atoms with Crippen molar-refractivity contribution in [1.29, 1.82) is 0 Å². The van der Waals surface area contributed by atoms with Gasteiger partial charge in [0.25, 0.3) is 0 Å². The van der Waals surface area contributed by atoms with Crippen molar-refractivity contribution in [3.63, 3.8) is 0 Å². The van der Waals surface area contributed by atoms with E-state index in [1.54, 1.807) is 29.2 Å². The van der Waals surface area contributed by atoms with Crippen LogP contribution in [0.25, 0.3) is 27.1 Å². The highest BCUT2D eigenvalue weighted by Gasteiger charge is 2.12. The molecule has 4 aromatic heterocycles. The summed E-state index contributed by atoms with van der Waals surface area (Å²) >= 11 is 1.71.